The lowest BCUT2D eigenvalue weighted by Crippen LogP contribution is -2.32. The van der Waals surface area contributed by atoms with Crippen LogP contribution < -0.4 is 5.32 Å². The first kappa shape index (κ1) is 16.5. The largest absolute Gasteiger partial charge is 0.432 e. The molecule has 24 heavy (non-hydrogen) atoms. The highest BCUT2D eigenvalue weighted by Crippen LogP contribution is 2.38. The number of rotatable bonds is 5. The third-order valence-corrected chi connectivity index (χ3v) is 3.74. The van der Waals surface area contributed by atoms with Crippen molar-refractivity contribution in [3.8, 4) is 0 Å². The van der Waals surface area contributed by atoms with Crippen LogP contribution in [-0.2, 0) is 6.18 Å². The Balaban J connectivity index is 1.75. The molecule has 0 bridgehead atoms. The van der Waals surface area contributed by atoms with Crippen LogP contribution >= 0.6 is 0 Å². The van der Waals surface area contributed by atoms with Crippen molar-refractivity contribution in [2.75, 3.05) is 0 Å². The van der Waals surface area contributed by atoms with Crippen molar-refractivity contribution in [2.24, 2.45) is 5.92 Å². The maximum Gasteiger partial charge on any atom is 0.432 e. The average molecular weight is 343 g/mol. The summed E-state index contributed by atoms with van der Waals surface area (Å²) in [6.07, 6.45) is -2.58. The Hall–Kier alpha value is -2.39. The summed E-state index contributed by atoms with van der Waals surface area (Å²) in [5.41, 5.74) is -1.43. The summed E-state index contributed by atoms with van der Waals surface area (Å²) >= 11 is 0. The van der Waals surface area contributed by atoms with E-state index in [1.54, 1.807) is 0 Å². The molecule has 2 aromatic heterocycles. The first-order valence-corrected chi connectivity index (χ1v) is 7.52. The number of halogens is 3. The van der Waals surface area contributed by atoms with Crippen LogP contribution in [0.5, 0.6) is 0 Å². The second-order valence-corrected chi connectivity index (χ2v) is 6.12. The van der Waals surface area contributed by atoms with E-state index in [0.29, 0.717) is 17.8 Å². The molecular weight excluding hydrogens is 327 g/mol. The molecule has 0 aromatic carbocycles. The number of hydrogen-bond donors (Lipinski definition) is 2. The van der Waals surface area contributed by atoms with Gasteiger partial charge in [0.05, 0.1) is 0 Å². The van der Waals surface area contributed by atoms with Gasteiger partial charge in [0, 0.05) is 12.0 Å². The van der Waals surface area contributed by atoms with E-state index >= 15 is 0 Å². The van der Waals surface area contributed by atoms with Crippen molar-refractivity contribution in [3.63, 3.8) is 0 Å². The summed E-state index contributed by atoms with van der Waals surface area (Å²) in [4.78, 5) is 16.5. The highest BCUT2D eigenvalue weighted by Gasteiger charge is 2.35. The minimum absolute atomic E-state index is 0.0949. The van der Waals surface area contributed by atoms with Crippen LogP contribution in [0.3, 0.4) is 0 Å². The molecule has 7 nitrogen and oxygen atoms in total. The molecule has 1 unspecified atom stereocenters. The van der Waals surface area contributed by atoms with Crippen molar-refractivity contribution in [2.45, 2.75) is 44.8 Å². The normalized spacial score (nSPS) is 16.4. The molecule has 10 heteroatoms. The van der Waals surface area contributed by atoms with Crippen molar-refractivity contribution in [3.05, 3.63) is 29.2 Å². The van der Waals surface area contributed by atoms with Crippen molar-refractivity contribution >= 4 is 5.91 Å². The van der Waals surface area contributed by atoms with Gasteiger partial charge in [0.15, 0.2) is 11.5 Å². The van der Waals surface area contributed by atoms with Gasteiger partial charge >= 0.3 is 6.18 Å². The summed E-state index contributed by atoms with van der Waals surface area (Å²) in [5.74, 6) is 0.302. The van der Waals surface area contributed by atoms with Gasteiger partial charge in [0.2, 0.25) is 5.89 Å². The number of carbonyl (C=O) groups excluding carboxylic acids is 1. The summed E-state index contributed by atoms with van der Waals surface area (Å²) < 4.78 is 42.9. The number of hydrogen-bond acceptors (Lipinski definition) is 5. The lowest BCUT2D eigenvalue weighted by atomic mass is 10.0. The van der Waals surface area contributed by atoms with Gasteiger partial charge in [-0.25, -0.2) is 0 Å². The van der Waals surface area contributed by atoms with Gasteiger partial charge in [-0.1, -0.05) is 19.0 Å². The summed E-state index contributed by atoms with van der Waals surface area (Å²) in [6.45, 7) is 3.66. The smallest absolute Gasteiger partial charge is 0.339 e. The Labute approximate surface area is 135 Å². The third-order valence-electron chi connectivity index (χ3n) is 3.74. The van der Waals surface area contributed by atoms with Crippen molar-refractivity contribution in [1.82, 2.24) is 25.7 Å². The average Bonchev–Trinajstić information content (AvgIpc) is 3.03. The van der Waals surface area contributed by atoms with Gasteiger partial charge in [0.25, 0.3) is 5.91 Å². The van der Waals surface area contributed by atoms with Crippen LogP contribution in [0.15, 0.2) is 10.6 Å². The van der Waals surface area contributed by atoms with Crippen LogP contribution in [0.4, 0.5) is 13.2 Å². The Bertz CT molecular complexity index is 733. The molecule has 2 heterocycles. The highest BCUT2D eigenvalue weighted by molar-refractivity contribution is 5.92. The van der Waals surface area contributed by atoms with Crippen LogP contribution in [0.1, 0.15) is 66.5 Å². The molecule has 0 radical (unpaired) electrons. The molecular formula is C14H16F3N5O2. The third kappa shape index (κ3) is 3.41. The Morgan fingerprint density at radius 2 is 2.12 bits per heavy atom. The lowest BCUT2D eigenvalue weighted by molar-refractivity contribution is -0.141. The zero-order chi connectivity index (χ0) is 17.5. The topological polar surface area (TPSA) is 96.7 Å². The van der Waals surface area contributed by atoms with Crippen LogP contribution in [0, 0.1) is 5.92 Å². The van der Waals surface area contributed by atoms with Crippen LogP contribution in [0.25, 0.3) is 0 Å². The quantitative estimate of drug-likeness (QED) is 0.870. The number of nitrogens with one attached hydrogen (secondary N) is 2. The molecule has 130 valence electrons. The van der Waals surface area contributed by atoms with Crippen LogP contribution in [0.2, 0.25) is 0 Å². The lowest BCUT2D eigenvalue weighted by Gasteiger charge is -2.17. The molecule has 2 aromatic rings. The minimum Gasteiger partial charge on any atom is -0.339 e. The zero-order valence-electron chi connectivity index (χ0n) is 13.0. The van der Waals surface area contributed by atoms with Gasteiger partial charge in [-0.2, -0.15) is 23.3 Å². The molecule has 1 aliphatic carbocycles. The van der Waals surface area contributed by atoms with E-state index in [-0.39, 0.29) is 17.5 Å². The van der Waals surface area contributed by atoms with E-state index in [2.05, 4.69) is 20.6 Å². The maximum absolute atomic E-state index is 12.6. The van der Waals surface area contributed by atoms with Gasteiger partial charge in [0.1, 0.15) is 11.7 Å². The summed E-state index contributed by atoms with van der Waals surface area (Å²) in [5, 5.41) is 11.7. The SMILES string of the molecule is CC(C)C(NC(=O)c1cc(C(F)(F)F)[nH]n1)c1nc(C2CC2)no1. The van der Waals surface area contributed by atoms with Crippen molar-refractivity contribution in [1.29, 1.82) is 0 Å². The minimum atomic E-state index is -4.59. The number of alkyl halides is 3. The molecule has 1 aliphatic rings. The Kier molecular flexibility index (Phi) is 4.06. The first-order valence-electron chi connectivity index (χ1n) is 7.52. The fourth-order valence-electron chi connectivity index (χ4n) is 2.19. The predicted molar refractivity (Wildman–Crippen MR) is 74.9 cm³/mol. The van der Waals surface area contributed by atoms with E-state index in [1.807, 2.05) is 18.9 Å². The number of carbonyl (C=O) groups is 1. The van der Waals surface area contributed by atoms with E-state index < -0.39 is 23.8 Å². The Morgan fingerprint density at radius 3 is 2.67 bits per heavy atom. The Morgan fingerprint density at radius 1 is 1.42 bits per heavy atom. The van der Waals surface area contributed by atoms with Gasteiger partial charge in [-0.05, 0) is 18.8 Å². The molecule has 0 aliphatic heterocycles. The molecule has 1 fully saturated rings. The zero-order valence-corrected chi connectivity index (χ0v) is 13.0. The monoisotopic (exact) mass is 343 g/mol. The predicted octanol–water partition coefficient (Wildman–Crippen LogP) is 2.82. The van der Waals surface area contributed by atoms with Gasteiger partial charge in [-0.3, -0.25) is 9.89 Å². The summed E-state index contributed by atoms with van der Waals surface area (Å²) in [7, 11) is 0. The van der Waals surface area contributed by atoms with E-state index in [1.165, 1.54) is 0 Å². The number of aromatic amines is 1. The molecule has 3 rings (SSSR count). The van der Waals surface area contributed by atoms with E-state index in [0.717, 1.165) is 12.8 Å². The molecule has 2 N–H and O–H groups in total. The first-order chi connectivity index (χ1) is 11.3. The highest BCUT2D eigenvalue weighted by atomic mass is 19.4. The molecule has 0 spiro atoms. The second kappa shape index (κ2) is 5.91. The number of amides is 1. The van der Waals surface area contributed by atoms with E-state index in [4.69, 9.17) is 4.52 Å². The second-order valence-electron chi connectivity index (χ2n) is 6.12. The number of H-pyrrole nitrogens is 1. The molecule has 0 saturated heterocycles. The number of nitrogens with zero attached hydrogens (tertiary/aromatic N) is 3. The molecule has 1 amide bonds. The van der Waals surface area contributed by atoms with E-state index in [9.17, 15) is 18.0 Å². The standard InChI is InChI=1S/C14H16F3N5O2/c1-6(2)10(13-19-11(22-24-13)7-3-4-7)18-12(23)8-5-9(21-20-8)14(15,16)17/h5-7,10H,3-4H2,1-2H3,(H,18,23)(H,20,21). The van der Waals surface area contributed by atoms with Crippen LogP contribution in [-0.4, -0.2) is 26.2 Å². The maximum atomic E-state index is 12.6. The molecule has 1 saturated carbocycles. The van der Waals surface area contributed by atoms with Gasteiger partial charge in [-0.15, -0.1) is 0 Å². The summed E-state index contributed by atoms with van der Waals surface area (Å²) in [6, 6.07) is 0.0550. The fraction of sp³-hybridized carbons (Fsp3) is 0.571. The fourth-order valence-corrected chi connectivity index (χ4v) is 2.19. The molecule has 1 atom stereocenters. The number of aromatic nitrogens is 4. The van der Waals surface area contributed by atoms with Crippen molar-refractivity contribution < 1.29 is 22.5 Å². The van der Waals surface area contributed by atoms with Gasteiger partial charge < -0.3 is 9.84 Å².